The summed E-state index contributed by atoms with van der Waals surface area (Å²) in [6.45, 7) is 3.84. The number of aliphatic hydroxyl groups excluding tert-OH is 1. The molecule has 0 spiro atoms. The fourth-order valence-electron chi connectivity index (χ4n) is 2.65. The molecule has 2 aromatic carbocycles. The van der Waals surface area contributed by atoms with E-state index < -0.39 is 0 Å². The molecule has 1 aromatic heterocycles. The number of hydrogen-bond donors (Lipinski definition) is 2. The van der Waals surface area contributed by atoms with Crippen LogP contribution in [0, 0.1) is 6.92 Å². The minimum absolute atomic E-state index is 0.0871. The number of ether oxygens (including phenoxy) is 3. The molecule has 0 bridgehead atoms. The molecule has 0 aliphatic carbocycles. The van der Waals surface area contributed by atoms with Crippen molar-refractivity contribution in [3.05, 3.63) is 59.9 Å². The van der Waals surface area contributed by atoms with Crippen molar-refractivity contribution < 1.29 is 19.3 Å². The number of anilines is 1. The van der Waals surface area contributed by atoms with Gasteiger partial charge < -0.3 is 24.0 Å². The first-order valence-electron chi connectivity index (χ1n) is 9.59. The molecule has 0 atom stereocenters. The average molecular weight is 428 g/mol. The quantitative estimate of drug-likeness (QED) is 0.453. The molecule has 0 aliphatic rings. The zero-order valence-electron chi connectivity index (χ0n) is 17.2. The number of nitrogens with one attached hydrogen (secondary N) is 1. The van der Waals surface area contributed by atoms with E-state index in [9.17, 15) is 5.11 Å². The van der Waals surface area contributed by atoms with Crippen LogP contribution in [0.25, 0.3) is 0 Å². The first kappa shape index (κ1) is 21.7. The topological polar surface area (TPSA) is 85.7 Å². The lowest BCUT2D eigenvalue weighted by Gasteiger charge is -2.17. The van der Waals surface area contributed by atoms with Crippen molar-refractivity contribution in [2.75, 3.05) is 25.0 Å². The minimum Gasteiger partial charge on any atom is -0.493 e. The van der Waals surface area contributed by atoms with Crippen LogP contribution in [0.5, 0.6) is 23.1 Å². The van der Waals surface area contributed by atoms with E-state index in [0.29, 0.717) is 28.9 Å². The van der Waals surface area contributed by atoms with E-state index in [4.69, 9.17) is 14.2 Å². The number of aromatic nitrogens is 2. The second-order valence-electron chi connectivity index (χ2n) is 6.28. The smallest absolute Gasteiger partial charge is 0.263 e. The van der Waals surface area contributed by atoms with Gasteiger partial charge in [0.25, 0.3) is 5.88 Å². The SMILES string of the molecule is CCc1ccc(SNc2nc(C)nc(OCCO)c2Oc2ccccc2OC)cc1. The third-order valence-corrected chi connectivity index (χ3v) is 4.96. The van der Waals surface area contributed by atoms with E-state index in [-0.39, 0.29) is 19.1 Å². The van der Waals surface area contributed by atoms with Crippen LogP contribution in [-0.2, 0) is 6.42 Å². The van der Waals surface area contributed by atoms with Gasteiger partial charge >= 0.3 is 0 Å². The fraction of sp³-hybridized carbons (Fsp3) is 0.273. The Morgan fingerprint density at radius 1 is 1.03 bits per heavy atom. The number of nitrogens with zero attached hydrogens (tertiary/aromatic N) is 2. The maximum absolute atomic E-state index is 9.17. The highest BCUT2D eigenvalue weighted by atomic mass is 32.2. The van der Waals surface area contributed by atoms with Gasteiger partial charge in [0.1, 0.15) is 12.4 Å². The van der Waals surface area contributed by atoms with Crippen LogP contribution in [-0.4, -0.2) is 35.4 Å². The molecule has 3 rings (SSSR count). The first-order valence-corrected chi connectivity index (χ1v) is 10.4. The lowest BCUT2D eigenvalue weighted by atomic mass is 10.2. The number of para-hydroxylation sites is 2. The van der Waals surface area contributed by atoms with E-state index >= 15 is 0 Å². The predicted octanol–water partition coefficient (Wildman–Crippen LogP) is 4.64. The Hall–Kier alpha value is -2.97. The van der Waals surface area contributed by atoms with Gasteiger partial charge in [-0.3, -0.25) is 0 Å². The molecule has 1 heterocycles. The van der Waals surface area contributed by atoms with Crippen molar-refractivity contribution in [3.63, 3.8) is 0 Å². The largest absolute Gasteiger partial charge is 0.493 e. The lowest BCUT2D eigenvalue weighted by molar-refractivity contribution is 0.192. The van der Waals surface area contributed by atoms with Crippen LogP contribution >= 0.6 is 11.9 Å². The Bertz CT molecular complexity index is 967. The summed E-state index contributed by atoms with van der Waals surface area (Å²) in [6.07, 6.45) is 0.992. The Labute approximate surface area is 180 Å². The van der Waals surface area contributed by atoms with Crippen LogP contribution in [0.3, 0.4) is 0 Å². The number of methoxy groups -OCH3 is 1. The Kier molecular flexibility index (Phi) is 7.75. The van der Waals surface area contributed by atoms with Gasteiger partial charge in [0.15, 0.2) is 17.3 Å². The number of aryl methyl sites for hydroxylation is 2. The number of benzene rings is 2. The first-order chi connectivity index (χ1) is 14.6. The number of hydrogen-bond acceptors (Lipinski definition) is 8. The van der Waals surface area contributed by atoms with E-state index in [1.807, 2.05) is 12.1 Å². The van der Waals surface area contributed by atoms with Gasteiger partial charge in [-0.15, -0.1) is 0 Å². The molecule has 0 saturated heterocycles. The van der Waals surface area contributed by atoms with Gasteiger partial charge in [0.2, 0.25) is 5.75 Å². The molecule has 0 saturated carbocycles. The second kappa shape index (κ2) is 10.7. The van der Waals surface area contributed by atoms with Crippen molar-refractivity contribution in [1.82, 2.24) is 9.97 Å². The summed E-state index contributed by atoms with van der Waals surface area (Å²) in [5.41, 5.74) is 1.28. The van der Waals surface area contributed by atoms with Gasteiger partial charge in [-0.1, -0.05) is 31.2 Å². The molecule has 30 heavy (non-hydrogen) atoms. The monoisotopic (exact) mass is 427 g/mol. The van der Waals surface area contributed by atoms with Gasteiger partial charge in [0.05, 0.1) is 13.7 Å². The normalized spacial score (nSPS) is 10.5. The number of rotatable bonds is 10. The van der Waals surface area contributed by atoms with Gasteiger partial charge in [-0.2, -0.15) is 4.98 Å². The highest BCUT2D eigenvalue weighted by molar-refractivity contribution is 8.00. The molecule has 2 N–H and O–H groups in total. The van der Waals surface area contributed by atoms with Crippen molar-refractivity contribution in [1.29, 1.82) is 0 Å². The minimum atomic E-state index is -0.140. The van der Waals surface area contributed by atoms with Crippen molar-refractivity contribution in [2.45, 2.75) is 25.2 Å². The van der Waals surface area contributed by atoms with Crippen LogP contribution in [0.1, 0.15) is 18.3 Å². The zero-order valence-corrected chi connectivity index (χ0v) is 18.0. The third-order valence-electron chi connectivity index (χ3n) is 4.15. The molecule has 0 radical (unpaired) electrons. The molecule has 0 amide bonds. The Morgan fingerprint density at radius 2 is 1.77 bits per heavy atom. The molecular weight excluding hydrogens is 402 g/mol. The van der Waals surface area contributed by atoms with Gasteiger partial charge in [-0.05, 0) is 55.1 Å². The molecule has 0 aliphatic heterocycles. The molecule has 158 valence electrons. The number of aliphatic hydroxyl groups is 1. The maximum Gasteiger partial charge on any atom is 0.263 e. The lowest BCUT2D eigenvalue weighted by Crippen LogP contribution is -2.08. The molecule has 3 aromatic rings. The summed E-state index contributed by atoms with van der Waals surface area (Å²) >= 11 is 1.41. The van der Waals surface area contributed by atoms with Gasteiger partial charge in [-0.25, -0.2) is 4.98 Å². The molecule has 0 fully saturated rings. The van der Waals surface area contributed by atoms with Crippen LogP contribution in [0.15, 0.2) is 53.4 Å². The third kappa shape index (κ3) is 5.55. The van der Waals surface area contributed by atoms with E-state index in [1.165, 1.54) is 17.5 Å². The predicted molar refractivity (Wildman–Crippen MR) is 118 cm³/mol. The zero-order chi connectivity index (χ0) is 21.3. The average Bonchev–Trinajstić information content (AvgIpc) is 2.78. The van der Waals surface area contributed by atoms with E-state index in [0.717, 1.165) is 11.3 Å². The fourth-order valence-corrected chi connectivity index (χ4v) is 3.28. The Balaban J connectivity index is 1.92. The van der Waals surface area contributed by atoms with E-state index in [1.54, 1.807) is 26.2 Å². The summed E-state index contributed by atoms with van der Waals surface area (Å²) in [7, 11) is 1.58. The van der Waals surface area contributed by atoms with Crippen molar-refractivity contribution >= 4 is 17.8 Å². The van der Waals surface area contributed by atoms with E-state index in [2.05, 4.69) is 45.9 Å². The summed E-state index contributed by atoms with van der Waals surface area (Å²) in [5, 5.41) is 9.17. The molecule has 8 heteroatoms. The van der Waals surface area contributed by atoms with Gasteiger partial charge in [0, 0.05) is 4.90 Å². The van der Waals surface area contributed by atoms with Crippen LogP contribution in [0.2, 0.25) is 0 Å². The highest BCUT2D eigenvalue weighted by Gasteiger charge is 2.19. The van der Waals surface area contributed by atoms with Crippen LogP contribution in [0.4, 0.5) is 5.82 Å². The summed E-state index contributed by atoms with van der Waals surface area (Å²) in [5.74, 6) is 2.61. The molecule has 7 nitrogen and oxygen atoms in total. The summed E-state index contributed by atoms with van der Waals surface area (Å²) in [6, 6.07) is 15.6. The second-order valence-corrected chi connectivity index (χ2v) is 7.16. The van der Waals surface area contributed by atoms with Crippen molar-refractivity contribution in [2.24, 2.45) is 0 Å². The molecule has 0 unspecified atom stereocenters. The Morgan fingerprint density at radius 3 is 2.43 bits per heavy atom. The molecular formula is C22H25N3O4S. The van der Waals surface area contributed by atoms with Crippen LogP contribution < -0.4 is 18.9 Å². The van der Waals surface area contributed by atoms with Crippen molar-refractivity contribution in [3.8, 4) is 23.1 Å². The summed E-state index contributed by atoms with van der Waals surface area (Å²) < 4.78 is 20.3. The maximum atomic E-state index is 9.17. The highest BCUT2D eigenvalue weighted by Crippen LogP contribution is 2.41. The standard InChI is InChI=1S/C22H25N3O4S/c1-4-16-9-11-17(12-10-16)30-25-21-20(22(28-14-13-26)24-15(2)23-21)29-19-8-6-5-7-18(19)27-3/h5-12,26H,4,13-14H2,1-3H3,(H,23,24,25). The summed E-state index contributed by atoms with van der Waals surface area (Å²) in [4.78, 5) is 9.86.